The quantitative estimate of drug-likeness (QED) is 0.525. The van der Waals surface area contributed by atoms with E-state index in [2.05, 4.69) is 0 Å². The second-order valence-electron chi connectivity index (χ2n) is 4.07. The molecule has 4 nitrogen and oxygen atoms in total. The smallest absolute Gasteiger partial charge is 0.103 e. The minimum Gasteiger partial charge on any atom is -0.389 e. The van der Waals surface area contributed by atoms with Crippen molar-refractivity contribution in [3.63, 3.8) is 0 Å². The maximum Gasteiger partial charge on any atom is 0.103 e. The monoisotopic (exact) mass is 283 g/mol. The SMILES string of the molecule is COCCCOCCOCc1ccc(C(N)=S)cc1. The molecule has 0 aliphatic heterocycles. The average Bonchev–Trinajstić information content (AvgIpc) is 2.42. The van der Waals surface area contributed by atoms with Crippen molar-refractivity contribution in [2.45, 2.75) is 13.0 Å². The van der Waals surface area contributed by atoms with Crippen LogP contribution in [0.1, 0.15) is 17.5 Å². The summed E-state index contributed by atoms with van der Waals surface area (Å²) in [5.41, 5.74) is 7.50. The van der Waals surface area contributed by atoms with Gasteiger partial charge in [-0.05, 0) is 12.0 Å². The van der Waals surface area contributed by atoms with Crippen LogP contribution in [0.4, 0.5) is 0 Å². The fourth-order valence-corrected chi connectivity index (χ4v) is 1.62. The van der Waals surface area contributed by atoms with Gasteiger partial charge in [0.25, 0.3) is 0 Å². The molecule has 1 aromatic rings. The van der Waals surface area contributed by atoms with Gasteiger partial charge in [0, 0.05) is 25.9 Å². The lowest BCUT2D eigenvalue weighted by molar-refractivity contribution is 0.0337. The van der Waals surface area contributed by atoms with Crippen LogP contribution >= 0.6 is 12.2 Å². The summed E-state index contributed by atoms with van der Waals surface area (Å²) in [6.45, 7) is 3.20. The maximum atomic E-state index is 5.53. The molecule has 0 atom stereocenters. The van der Waals surface area contributed by atoms with Gasteiger partial charge in [-0.3, -0.25) is 0 Å². The number of methoxy groups -OCH3 is 1. The normalized spacial score (nSPS) is 10.6. The zero-order valence-corrected chi connectivity index (χ0v) is 12.1. The fraction of sp³-hybridized carbons (Fsp3) is 0.500. The predicted molar refractivity (Wildman–Crippen MR) is 79.3 cm³/mol. The molecule has 0 amide bonds. The van der Waals surface area contributed by atoms with Gasteiger partial charge < -0.3 is 19.9 Å². The van der Waals surface area contributed by atoms with Gasteiger partial charge in [-0.25, -0.2) is 0 Å². The van der Waals surface area contributed by atoms with Crippen molar-refractivity contribution in [2.24, 2.45) is 5.73 Å². The predicted octanol–water partition coefficient (Wildman–Crippen LogP) is 1.89. The van der Waals surface area contributed by atoms with E-state index in [1.54, 1.807) is 7.11 Å². The number of nitrogens with two attached hydrogens (primary N) is 1. The van der Waals surface area contributed by atoms with Crippen LogP contribution in [-0.4, -0.2) is 38.5 Å². The molecule has 0 aliphatic rings. The van der Waals surface area contributed by atoms with Crippen LogP contribution in [0.5, 0.6) is 0 Å². The second-order valence-corrected chi connectivity index (χ2v) is 4.51. The molecule has 1 aromatic carbocycles. The first kappa shape index (κ1) is 16.0. The topological polar surface area (TPSA) is 53.7 Å². The highest BCUT2D eigenvalue weighted by molar-refractivity contribution is 7.80. The summed E-state index contributed by atoms with van der Waals surface area (Å²) in [6.07, 6.45) is 0.914. The van der Waals surface area contributed by atoms with Crippen molar-refractivity contribution in [2.75, 3.05) is 33.5 Å². The zero-order chi connectivity index (χ0) is 13.9. The lowest BCUT2D eigenvalue weighted by atomic mass is 10.1. The molecule has 0 heterocycles. The molecular weight excluding hydrogens is 262 g/mol. The van der Waals surface area contributed by atoms with E-state index in [9.17, 15) is 0 Å². The Morgan fingerprint density at radius 3 is 2.37 bits per heavy atom. The van der Waals surface area contributed by atoms with Gasteiger partial charge in [-0.15, -0.1) is 0 Å². The molecule has 2 N–H and O–H groups in total. The van der Waals surface area contributed by atoms with Gasteiger partial charge in [0.05, 0.1) is 19.8 Å². The lowest BCUT2D eigenvalue weighted by Crippen LogP contribution is -2.09. The Labute approximate surface area is 119 Å². The number of ether oxygens (including phenoxy) is 3. The fourth-order valence-electron chi connectivity index (χ4n) is 1.48. The van der Waals surface area contributed by atoms with E-state index >= 15 is 0 Å². The third-order valence-corrected chi connectivity index (χ3v) is 2.75. The first-order chi connectivity index (χ1) is 9.24. The van der Waals surface area contributed by atoms with E-state index in [1.807, 2.05) is 24.3 Å². The molecule has 0 saturated heterocycles. The zero-order valence-electron chi connectivity index (χ0n) is 11.3. The van der Waals surface area contributed by atoms with Gasteiger partial charge in [0.15, 0.2) is 0 Å². The van der Waals surface area contributed by atoms with E-state index in [0.29, 0.717) is 31.4 Å². The Morgan fingerprint density at radius 1 is 1.05 bits per heavy atom. The Morgan fingerprint density at radius 2 is 1.74 bits per heavy atom. The number of hydrogen-bond acceptors (Lipinski definition) is 4. The molecule has 1 rings (SSSR count). The summed E-state index contributed by atoms with van der Waals surface area (Å²) in [5, 5.41) is 0. The summed E-state index contributed by atoms with van der Waals surface area (Å²) < 4.78 is 15.8. The Kier molecular flexibility index (Phi) is 8.33. The van der Waals surface area contributed by atoms with Crippen molar-refractivity contribution in [1.29, 1.82) is 0 Å². The number of hydrogen-bond donors (Lipinski definition) is 1. The highest BCUT2D eigenvalue weighted by atomic mass is 32.1. The summed E-state index contributed by atoms with van der Waals surface area (Å²) in [7, 11) is 1.69. The minimum atomic E-state index is 0.414. The number of thiocarbonyl (C=S) groups is 1. The Balaban J connectivity index is 2.07. The molecule has 0 fully saturated rings. The maximum absolute atomic E-state index is 5.53. The van der Waals surface area contributed by atoms with Crippen molar-refractivity contribution in [1.82, 2.24) is 0 Å². The molecule has 0 saturated carbocycles. The van der Waals surface area contributed by atoms with Crippen LogP contribution in [0.15, 0.2) is 24.3 Å². The first-order valence-electron chi connectivity index (χ1n) is 6.27. The van der Waals surface area contributed by atoms with Crippen LogP contribution < -0.4 is 5.73 Å². The van der Waals surface area contributed by atoms with Crippen molar-refractivity contribution in [3.05, 3.63) is 35.4 Å². The summed E-state index contributed by atoms with van der Waals surface area (Å²) in [4.78, 5) is 0.414. The van der Waals surface area contributed by atoms with Gasteiger partial charge >= 0.3 is 0 Å². The lowest BCUT2D eigenvalue weighted by Gasteiger charge is -2.06. The summed E-state index contributed by atoms with van der Waals surface area (Å²) in [6, 6.07) is 7.74. The van der Waals surface area contributed by atoms with Gasteiger partial charge in [-0.2, -0.15) is 0 Å². The molecule has 19 heavy (non-hydrogen) atoms. The standard InChI is InChI=1S/C14H21NO3S/c1-16-7-2-8-17-9-10-18-11-12-3-5-13(6-4-12)14(15)19/h3-6H,2,7-11H2,1H3,(H2,15,19). The van der Waals surface area contributed by atoms with Crippen LogP contribution in [0.3, 0.4) is 0 Å². The second kappa shape index (κ2) is 9.86. The van der Waals surface area contributed by atoms with E-state index in [0.717, 1.165) is 24.2 Å². The highest BCUT2D eigenvalue weighted by Crippen LogP contribution is 2.05. The molecule has 0 bridgehead atoms. The van der Waals surface area contributed by atoms with Crippen molar-refractivity contribution in [3.8, 4) is 0 Å². The average molecular weight is 283 g/mol. The van der Waals surface area contributed by atoms with E-state index in [4.69, 9.17) is 32.2 Å². The molecule has 106 valence electrons. The third-order valence-electron chi connectivity index (χ3n) is 2.52. The molecule has 0 aromatic heterocycles. The molecule has 0 aliphatic carbocycles. The van der Waals surface area contributed by atoms with Crippen LogP contribution in [0.25, 0.3) is 0 Å². The largest absolute Gasteiger partial charge is 0.389 e. The number of benzene rings is 1. The minimum absolute atomic E-state index is 0.414. The van der Waals surface area contributed by atoms with Crippen LogP contribution in [-0.2, 0) is 20.8 Å². The van der Waals surface area contributed by atoms with E-state index < -0.39 is 0 Å². The Hall–Kier alpha value is -1.01. The molecule has 0 unspecified atom stereocenters. The van der Waals surface area contributed by atoms with Crippen LogP contribution in [0.2, 0.25) is 0 Å². The van der Waals surface area contributed by atoms with Gasteiger partial charge in [0.1, 0.15) is 4.99 Å². The highest BCUT2D eigenvalue weighted by Gasteiger charge is 1.97. The molecule has 0 radical (unpaired) electrons. The summed E-state index contributed by atoms with van der Waals surface area (Å²) in [5.74, 6) is 0. The third kappa shape index (κ3) is 7.22. The van der Waals surface area contributed by atoms with Gasteiger partial charge in [0.2, 0.25) is 0 Å². The summed E-state index contributed by atoms with van der Waals surface area (Å²) >= 11 is 4.89. The van der Waals surface area contributed by atoms with Gasteiger partial charge in [-0.1, -0.05) is 36.5 Å². The van der Waals surface area contributed by atoms with E-state index in [1.165, 1.54) is 0 Å². The van der Waals surface area contributed by atoms with E-state index in [-0.39, 0.29) is 0 Å². The molecular formula is C14H21NO3S. The molecule has 0 spiro atoms. The van der Waals surface area contributed by atoms with Crippen molar-refractivity contribution >= 4 is 17.2 Å². The van der Waals surface area contributed by atoms with Crippen molar-refractivity contribution < 1.29 is 14.2 Å². The Bertz CT molecular complexity index is 367. The van der Waals surface area contributed by atoms with Crippen LogP contribution in [0, 0.1) is 0 Å². The number of rotatable bonds is 10. The first-order valence-corrected chi connectivity index (χ1v) is 6.68. The molecule has 5 heteroatoms.